The van der Waals surface area contributed by atoms with Crippen LogP contribution in [0.15, 0.2) is 39.9 Å². The first kappa shape index (κ1) is 19.6. The number of rotatable bonds is 5. The van der Waals surface area contributed by atoms with E-state index in [0.29, 0.717) is 32.7 Å². The summed E-state index contributed by atoms with van der Waals surface area (Å²) >= 11 is 0. The molecule has 2 aliphatic rings. The van der Waals surface area contributed by atoms with Crippen molar-refractivity contribution in [1.29, 1.82) is 0 Å². The van der Waals surface area contributed by atoms with E-state index in [1.54, 1.807) is 0 Å². The molecule has 0 unspecified atom stereocenters. The Labute approximate surface area is 168 Å². The Hall–Kier alpha value is -2.71. The van der Waals surface area contributed by atoms with Gasteiger partial charge in [0.25, 0.3) is 0 Å². The van der Waals surface area contributed by atoms with Gasteiger partial charge in [-0.05, 0) is 49.0 Å². The Balaban J connectivity index is 1.53. The third-order valence-corrected chi connectivity index (χ3v) is 5.49. The summed E-state index contributed by atoms with van der Waals surface area (Å²) in [5, 5.41) is 3.15. The van der Waals surface area contributed by atoms with Crippen molar-refractivity contribution in [3.63, 3.8) is 0 Å². The summed E-state index contributed by atoms with van der Waals surface area (Å²) < 4.78 is 11.9. The minimum Gasteiger partial charge on any atom is -0.381 e. The van der Waals surface area contributed by atoms with E-state index in [4.69, 9.17) is 9.47 Å². The van der Waals surface area contributed by atoms with Crippen molar-refractivity contribution >= 4 is 11.5 Å². The molecule has 0 radical (unpaired) electrons. The number of ether oxygens (including phenoxy) is 2. The minimum atomic E-state index is -0.531. The van der Waals surface area contributed by atoms with Gasteiger partial charge in [-0.3, -0.25) is 4.98 Å². The lowest BCUT2D eigenvalue weighted by atomic mass is 9.97. The maximum Gasteiger partial charge on any atom is 0.355 e. The first-order valence-corrected chi connectivity index (χ1v) is 10.1. The number of nitrogens with zero attached hydrogens (tertiary/aromatic N) is 2. The molecule has 2 aromatic rings. The second-order valence-corrected chi connectivity index (χ2v) is 7.43. The van der Waals surface area contributed by atoms with Crippen LogP contribution in [-0.2, 0) is 9.47 Å². The highest BCUT2D eigenvalue weighted by molar-refractivity contribution is 5.67. The van der Waals surface area contributed by atoms with E-state index >= 15 is 0 Å². The van der Waals surface area contributed by atoms with Gasteiger partial charge in [0.05, 0.1) is 19.3 Å². The number of aromatic nitrogens is 3. The van der Waals surface area contributed by atoms with Gasteiger partial charge < -0.3 is 14.8 Å². The zero-order valence-corrected chi connectivity index (χ0v) is 16.5. The van der Waals surface area contributed by atoms with Crippen molar-refractivity contribution in [1.82, 2.24) is 14.5 Å². The van der Waals surface area contributed by atoms with Crippen molar-refractivity contribution in [3.05, 3.63) is 62.4 Å². The average Bonchev–Trinajstić information content (AvgIpc) is 2.75. The van der Waals surface area contributed by atoms with Gasteiger partial charge in [-0.1, -0.05) is 24.3 Å². The highest BCUT2D eigenvalue weighted by Crippen LogP contribution is 2.25. The molecule has 1 aromatic carbocycles. The molecule has 2 N–H and O–H groups in total. The molecule has 8 heteroatoms. The summed E-state index contributed by atoms with van der Waals surface area (Å²) in [5.74, 6) is 0.187. The molecule has 29 heavy (non-hydrogen) atoms. The second kappa shape index (κ2) is 8.75. The molecule has 8 nitrogen and oxygen atoms in total. The molecule has 0 spiro atoms. The first-order chi connectivity index (χ1) is 14.1. The van der Waals surface area contributed by atoms with Crippen LogP contribution >= 0.6 is 0 Å². The summed E-state index contributed by atoms with van der Waals surface area (Å²) in [4.78, 5) is 31.7. The quantitative estimate of drug-likeness (QED) is 0.802. The standard InChI is InChI=1S/C21H26N4O4/c1-14(16-3-2-4-17(13-16)15-5-9-28-10-6-15)22-19-23-20(26)25(21(27)24-19)18-7-11-29-12-8-18/h2-5,13-14,18H,6-12H2,1H3,(H2,22,23,24,26,27)/t14-/m0/s1. The van der Waals surface area contributed by atoms with Gasteiger partial charge >= 0.3 is 11.4 Å². The summed E-state index contributed by atoms with van der Waals surface area (Å²) in [5.41, 5.74) is 2.52. The lowest BCUT2D eigenvalue weighted by Crippen LogP contribution is -2.42. The van der Waals surface area contributed by atoms with E-state index in [1.807, 2.05) is 19.1 Å². The molecular formula is C21H26N4O4. The topological polar surface area (TPSA) is 98.2 Å². The average molecular weight is 398 g/mol. The molecular weight excluding hydrogens is 372 g/mol. The third kappa shape index (κ3) is 4.49. The Morgan fingerprint density at radius 1 is 1.21 bits per heavy atom. The van der Waals surface area contributed by atoms with Crippen LogP contribution in [-0.4, -0.2) is 41.0 Å². The van der Waals surface area contributed by atoms with E-state index in [1.165, 1.54) is 10.1 Å². The lowest BCUT2D eigenvalue weighted by Gasteiger charge is -2.23. The van der Waals surface area contributed by atoms with E-state index in [9.17, 15) is 9.59 Å². The van der Waals surface area contributed by atoms with Crippen LogP contribution in [0.2, 0.25) is 0 Å². The van der Waals surface area contributed by atoms with Crippen molar-refractivity contribution in [2.45, 2.75) is 38.3 Å². The molecule has 0 bridgehead atoms. The summed E-state index contributed by atoms with van der Waals surface area (Å²) in [7, 11) is 0. The second-order valence-electron chi connectivity index (χ2n) is 7.43. The normalized spacial score (nSPS) is 18.9. The molecule has 0 amide bonds. The van der Waals surface area contributed by atoms with Gasteiger partial charge in [-0.25, -0.2) is 14.2 Å². The Bertz CT molecular complexity index is 973. The van der Waals surface area contributed by atoms with Gasteiger partial charge in [0.2, 0.25) is 5.95 Å². The number of H-pyrrole nitrogens is 1. The highest BCUT2D eigenvalue weighted by atomic mass is 16.5. The maximum atomic E-state index is 12.5. The van der Waals surface area contributed by atoms with Crippen LogP contribution in [0.3, 0.4) is 0 Å². The number of benzene rings is 1. The molecule has 4 rings (SSSR count). The van der Waals surface area contributed by atoms with E-state index in [-0.39, 0.29) is 18.0 Å². The Morgan fingerprint density at radius 2 is 2.03 bits per heavy atom. The number of hydrogen-bond donors (Lipinski definition) is 2. The fourth-order valence-electron chi connectivity index (χ4n) is 3.84. The molecule has 3 heterocycles. The van der Waals surface area contributed by atoms with E-state index in [2.05, 4.69) is 33.5 Å². The van der Waals surface area contributed by atoms with E-state index in [0.717, 1.165) is 24.2 Å². The van der Waals surface area contributed by atoms with Crippen molar-refractivity contribution in [2.24, 2.45) is 0 Å². The zero-order chi connectivity index (χ0) is 20.2. The fourth-order valence-corrected chi connectivity index (χ4v) is 3.84. The van der Waals surface area contributed by atoms with Crippen LogP contribution < -0.4 is 16.7 Å². The predicted octanol–water partition coefficient (Wildman–Crippen LogP) is 2.26. The highest BCUT2D eigenvalue weighted by Gasteiger charge is 2.20. The Kier molecular flexibility index (Phi) is 5.92. The van der Waals surface area contributed by atoms with Crippen molar-refractivity contribution in [3.8, 4) is 0 Å². The van der Waals surface area contributed by atoms with Gasteiger partial charge in [0.15, 0.2) is 0 Å². The monoisotopic (exact) mass is 398 g/mol. The van der Waals surface area contributed by atoms with Crippen LogP contribution in [0.1, 0.15) is 49.4 Å². The first-order valence-electron chi connectivity index (χ1n) is 10.1. The van der Waals surface area contributed by atoms with Gasteiger partial charge in [-0.2, -0.15) is 4.98 Å². The largest absolute Gasteiger partial charge is 0.381 e. The third-order valence-electron chi connectivity index (χ3n) is 5.49. The molecule has 154 valence electrons. The molecule has 0 aliphatic carbocycles. The van der Waals surface area contributed by atoms with Gasteiger partial charge in [-0.15, -0.1) is 0 Å². The molecule has 1 atom stereocenters. The van der Waals surface area contributed by atoms with Crippen molar-refractivity contribution in [2.75, 3.05) is 31.7 Å². The fraction of sp³-hybridized carbons (Fsp3) is 0.476. The van der Waals surface area contributed by atoms with Gasteiger partial charge in [0, 0.05) is 19.3 Å². The number of nitrogens with one attached hydrogen (secondary N) is 2. The molecule has 1 saturated heterocycles. The van der Waals surface area contributed by atoms with Crippen LogP contribution in [0.4, 0.5) is 5.95 Å². The zero-order valence-electron chi connectivity index (χ0n) is 16.5. The maximum absolute atomic E-state index is 12.5. The Morgan fingerprint density at radius 3 is 2.76 bits per heavy atom. The number of anilines is 1. The SMILES string of the molecule is C[C@H](Nc1nc(=O)n(C2CCOCC2)c(=O)[nH]1)c1cccc(C2=CCOCC2)c1. The minimum absolute atomic E-state index is 0.128. The van der Waals surface area contributed by atoms with E-state index < -0.39 is 11.4 Å². The smallest absolute Gasteiger partial charge is 0.355 e. The molecule has 0 saturated carbocycles. The predicted molar refractivity (Wildman–Crippen MR) is 110 cm³/mol. The van der Waals surface area contributed by atoms with Crippen LogP contribution in [0, 0.1) is 0 Å². The summed E-state index contributed by atoms with van der Waals surface area (Å²) in [6.45, 7) is 4.45. The van der Waals surface area contributed by atoms with Gasteiger partial charge in [0.1, 0.15) is 0 Å². The molecule has 2 aliphatic heterocycles. The van der Waals surface area contributed by atoms with Crippen molar-refractivity contribution < 1.29 is 9.47 Å². The molecule has 1 aromatic heterocycles. The summed E-state index contributed by atoms with van der Waals surface area (Å²) in [6.07, 6.45) is 4.28. The summed E-state index contributed by atoms with van der Waals surface area (Å²) in [6, 6.07) is 7.94. The number of aromatic amines is 1. The van der Waals surface area contributed by atoms with Crippen LogP contribution in [0.5, 0.6) is 0 Å². The molecule has 1 fully saturated rings. The lowest BCUT2D eigenvalue weighted by molar-refractivity contribution is 0.0670. The van der Waals surface area contributed by atoms with Crippen LogP contribution in [0.25, 0.3) is 5.57 Å². The number of hydrogen-bond acceptors (Lipinski definition) is 6.